The fraction of sp³-hybridized carbons (Fsp3) is 0.423. The lowest BCUT2D eigenvalue weighted by Crippen LogP contribution is -2.51. The van der Waals surface area contributed by atoms with Crippen molar-refractivity contribution in [2.24, 2.45) is 11.8 Å². The molecule has 180 valence electrons. The van der Waals surface area contributed by atoms with Gasteiger partial charge in [0.05, 0.1) is 6.61 Å². The monoisotopic (exact) mass is 466 g/mol. The van der Waals surface area contributed by atoms with Crippen molar-refractivity contribution in [3.8, 4) is 11.1 Å². The molecule has 1 fully saturated rings. The van der Waals surface area contributed by atoms with E-state index in [1.165, 1.54) is 7.11 Å². The van der Waals surface area contributed by atoms with Crippen LogP contribution in [0.2, 0.25) is 0 Å². The van der Waals surface area contributed by atoms with E-state index in [0.29, 0.717) is 6.54 Å². The Kier molecular flexibility index (Phi) is 7.47. The maximum absolute atomic E-state index is 12.6. The molecule has 0 saturated heterocycles. The zero-order chi connectivity index (χ0) is 24.1. The van der Waals surface area contributed by atoms with E-state index >= 15 is 0 Å². The van der Waals surface area contributed by atoms with Gasteiger partial charge in [-0.1, -0.05) is 48.5 Å². The Morgan fingerprint density at radius 3 is 2.21 bits per heavy atom. The molecular weight excluding hydrogens is 436 g/mol. The van der Waals surface area contributed by atoms with Crippen LogP contribution in [0.15, 0.2) is 48.5 Å². The third kappa shape index (κ3) is 5.39. The maximum Gasteiger partial charge on any atom is 0.407 e. The number of carboxylic acids is 1. The van der Waals surface area contributed by atoms with Crippen molar-refractivity contribution in [2.45, 2.75) is 31.2 Å². The normalized spacial score (nSPS) is 19.3. The third-order valence-electron chi connectivity index (χ3n) is 6.65. The number of amides is 2. The molecule has 3 N–H and O–H groups in total. The van der Waals surface area contributed by atoms with Crippen LogP contribution >= 0.6 is 0 Å². The van der Waals surface area contributed by atoms with Crippen LogP contribution in [-0.2, 0) is 19.1 Å². The number of aliphatic carboxylic acids is 1. The van der Waals surface area contributed by atoms with Gasteiger partial charge in [-0.15, -0.1) is 0 Å². The maximum atomic E-state index is 12.6. The lowest BCUT2D eigenvalue weighted by atomic mass is 9.73. The first kappa shape index (κ1) is 23.8. The Bertz CT molecular complexity index is 1000. The second-order valence-electron chi connectivity index (χ2n) is 9.02. The van der Waals surface area contributed by atoms with Gasteiger partial charge in [0.15, 0.2) is 0 Å². The summed E-state index contributed by atoms with van der Waals surface area (Å²) < 4.78 is 10.6. The highest BCUT2D eigenvalue weighted by molar-refractivity contribution is 5.86. The predicted molar refractivity (Wildman–Crippen MR) is 125 cm³/mol. The molecule has 2 aliphatic rings. The van der Waals surface area contributed by atoms with E-state index in [-0.39, 0.29) is 43.3 Å². The van der Waals surface area contributed by atoms with Gasteiger partial charge in [0, 0.05) is 26.0 Å². The van der Waals surface area contributed by atoms with Crippen molar-refractivity contribution in [2.75, 3.05) is 26.9 Å². The number of methoxy groups -OCH3 is 1. The van der Waals surface area contributed by atoms with Gasteiger partial charge >= 0.3 is 12.1 Å². The van der Waals surface area contributed by atoms with Crippen LogP contribution in [-0.4, -0.2) is 56.0 Å². The molecule has 0 radical (unpaired) electrons. The molecule has 2 aromatic carbocycles. The summed E-state index contributed by atoms with van der Waals surface area (Å²) in [6.45, 7) is 0.623. The predicted octanol–water partition coefficient (Wildman–Crippen LogP) is 3.16. The molecule has 0 unspecified atom stereocenters. The van der Waals surface area contributed by atoms with Gasteiger partial charge in [-0.05, 0) is 46.9 Å². The molecule has 4 rings (SSSR count). The van der Waals surface area contributed by atoms with Crippen LogP contribution in [0.4, 0.5) is 4.79 Å². The number of carboxylic acid groups (broad SMARTS) is 1. The van der Waals surface area contributed by atoms with Crippen molar-refractivity contribution in [1.29, 1.82) is 0 Å². The van der Waals surface area contributed by atoms with Crippen molar-refractivity contribution in [3.05, 3.63) is 59.7 Å². The van der Waals surface area contributed by atoms with Gasteiger partial charge in [0.25, 0.3) is 0 Å². The van der Waals surface area contributed by atoms with Crippen molar-refractivity contribution >= 4 is 18.0 Å². The largest absolute Gasteiger partial charge is 0.481 e. The topological polar surface area (TPSA) is 114 Å². The minimum absolute atomic E-state index is 0.0162. The number of hydrogen-bond donors (Lipinski definition) is 3. The molecule has 0 heterocycles. The zero-order valence-electron chi connectivity index (χ0n) is 19.2. The third-order valence-corrected chi connectivity index (χ3v) is 6.65. The standard InChI is InChI=1S/C26H30N2O6/c1-33-15-23(25(31)27-13-17-10-16(11-17)12-24(29)30)28-26(32)34-14-22-20-8-4-2-6-18(20)19-7-3-5-9-21(19)22/h2-9,16-17,22-23H,10-15H2,1H3,(H,27,31)(H,28,32)(H,29,30)/t16?,17?,23-/m0/s1. The van der Waals surface area contributed by atoms with Crippen LogP contribution in [0, 0.1) is 11.8 Å². The molecule has 8 heteroatoms. The van der Waals surface area contributed by atoms with Gasteiger partial charge in [0.1, 0.15) is 12.6 Å². The quantitative estimate of drug-likeness (QED) is 0.496. The summed E-state index contributed by atoms with van der Waals surface area (Å²) in [5, 5.41) is 14.3. The molecule has 0 aliphatic heterocycles. The average molecular weight is 467 g/mol. The van der Waals surface area contributed by atoms with Crippen LogP contribution in [0.3, 0.4) is 0 Å². The summed E-state index contributed by atoms with van der Waals surface area (Å²) in [6.07, 6.45) is 1.05. The number of ether oxygens (including phenoxy) is 2. The number of nitrogens with one attached hydrogen (secondary N) is 2. The van der Waals surface area contributed by atoms with Crippen LogP contribution in [0.5, 0.6) is 0 Å². The Hall–Kier alpha value is -3.39. The molecule has 0 aromatic heterocycles. The summed E-state index contributed by atoms with van der Waals surface area (Å²) in [5.41, 5.74) is 4.52. The van der Waals surface area contributed by atoms with Crippen LogP contribution in [0.1, 0.15) is 36.3 Å². The molecule has 34 heavy (non-hydrogen) atoms. The van der Waals surface area contributed by atoms with E-state index in [4.69, 9.17) is 14.6 Å². The van der Waals surface area contributed by atoms with Crippen molar-refractivity contribution in [1.82, 2.24) is 10.6 Å². The van der Waals surface area contributed by atoms with E-state index in [2.05, 4.69) is 22.8 Å². The Labute approximate surface area is 198 Å². The molecular formula is C26H30N2O6. The minimum atomic E-state index is -0.879. The summed E-state index contributed by atoms with van der Waals surface area (Å²) >= 11 is 0. The summed E-state index contributed by atoms with van der Waals surface area (Å²) in [7, 11) is 1.46. The number of carbonyl (C=O) groups excluding carboxylic acids is 2. The van der Waals surface area contributed by atoms with Crippen molar-refractivity contribution < 1.29 is 29.0 Å². The Morgan fingerprint density at radius 1 is 1.00 bits per heavy atom. The number of carbonyl (C=O) groups is 3. The molecule has 1 atom stereocenters. The highest BCUT2D eigenvalue weighted by Gasteiger charge is 2.32. The number of hydrogen-bond acceptors (Lipinski definition) is 5. The SMILES string of the molecule is COC[C@H](NC(=O)OCC1c2ccccc2-c2ccccc21)C(=O)NCC1CC(CC(=O)O)C1. The fourth-order valence-corrected chi connectivity index (χ4v) is 4.95. The minimum Gasteiger partial charge on any atom is -0.481 e. The van der Waals surface area contributed by atoms with E-state index in [1.807, 2.05) is 36.4 Å². The van der Waals surface area contributed by atoms with Gasteiger partial charge in [-0.25, -0.2) is 4.79 Å². The fourth-order valence-electron chi connectivity index (χ4n) is 4.95. The molecule has 0 bridgehead atoms. The number of fused-ring (bicyclic) bond motifs is 3. The highest BCUT2D eigenvalue weighted by Crippen LogP contribution is 2.44. The first-order valence-corrected chi connectivity index (χ1v) is 11.6. The van der Waals surface area contributed by atoms with Gasteiger partial charge < -0.3 is 25.2 Å². The second kappa shape index (κ2) is 10.7. The van der Waals surface area contributed by atoms with E-state index in [1.54, 1.807) is 0 Å². The Balaban J connectivity index is 1.28. The molecule has 2 aromatic rings. The number of alkyl carbamates (subject to hydrolysis) is 1. The molecule has 1 saturated carbocycles. The molecule has 2 amide bonds. The van der Waals surface area contributed by atoms with Gasteiger partial charge in [-0.2, -0.15) is 0 Å². The van der Waals surface area contributed by atoms with Crippen molar-refractivity contribution in [3.63, 3.8) is 0 Å². The van der Waals surface area contributed by atoms with E-state index in [9.17, 15) is 14.4 Å². The molecule has 8 nitrogen and oxygen atoms in total. The van der Waals surface area contributed by atoms with Crippen LogP contribution in [0.25, 0.3) is 11.1 Å². The first-order chi connectivity index (χ1) is 16.5. The van der Waals surface area contributed by atoms with E-state index in [0.717, 1.165) is 35.1 Å². The molecule has 0 spiro atoms. The summed E-state index contributed by atoms with van der Waals surface area (Å²) in [5.74, 6) is -0.777. The summed E-state index contributed by atoms with van der Waals surface area (Å²) in [4.78, 5) is 35.9. The lowest BCUT2D eigenvalue weighted by molar-refractivity contribution is -0.139. The summed E-state index contributed by atoms with van der Waals surface area (Å²) in [6, 6.07) is 15.3. The van der Waals surface area contributed by atoms with E-state index < -0.39 is 18.1 Å². The van der Waals surface area contributed by atoms with Gasteiger partial charge in [-0.3, -0.25) is 9.59 Å². The first-order valence-electron chi connectivity index (χ1n) is 11.6. The average Bonchev–Trinajstić information content (AvgIpc) is 3.12. The smallest absolute Gasteiger partial charge is 0.407 e. The zero-order valence-corrected chi connectivity index (χ0v) is 19.2. The second-order valence-corrected chi connectivity index (χ2v) is 9.02. The Morgan fingerprint density at radius 2 is 1.62 bits per heavy atom. The number of rotatable bonds is 10. The van der Waals surface area contributed by atoms with Crippen LogP contribution < -0.4 is 10.6 Å². The highest BCUT2D eigenvalue weighted by atomic mass is 16.5. The lowest BCUT2D eigenvalue weighted by Gasteiger charge is -2.34. The molecule has 2 aliphatic carbocycles. The van der Waals surface area contributed by atoms with Gasteiger partial charge in [0.2, 0.25) is 5.91 Å². The number of benzene rings is 2.